The van der Waals surface area contributed by atoms with Crippen molar-refractivity contribution in [3.05, 3.63) is 59.7 Å². The molecule has 0 saturated carbocycles. The van der Waals surface area contributed by atoms with Gasteiger partial charge in [0.2, 0.25) is 5.91 Å². The SMILES string of the molecule is CCC(Cc1ccccc1)NC(=O)c1ccc2c(c1)NC(=O)C1CCCN21. The Morgan fingerprint density at radius 1 is 1.26 bits per heavy atom. The molecule has 2 aromatic carbocycles. The topological polar surface area (TPSA) is 61.4 Å². The van der Waals surface area contributed by atoms with Crippen LogP contribution in [0, 0.1) is 0 Å². The lowest BCUT2D eigenvalue weighted by molar-refractivity contribution is -0.117. The Hall–Kier alpha value is -2.82. The lowest BCUT2D eigenvalue weighted by Gasteiger charge is -2.33. The second kappa shape index (κ2) is 7.43. The first-order valence-corrected chi connectivity index (χ1v) is 9.72. The number of hydrogen-bond acceptors (Lipinski definition) is 3. The van der Waals surface area contributed by atoms with Gasteiger partial charge in [-0.3, -0.25) is 9.59 Å². The molecule has 1 fully saturated rings. The number of nitrogens with one attached hydrogen (secondary N) is 2. The van der Waals surface area contributed by atoms with Gasteiger partial charge in [0.25, 0.3) is 5.91 Å². The predicted molar refractivity (Wildman–Crippen MR) is 107 cm³/mol. The van der Waals surface area contributed by atoms with Crippen LogP contribution in [-0.2, 0) is 11.2 Å². The van der Waals surface area contributed by atoms with Crippen molar-refractivity contribution in [3.8, 4) is 0 Å². The van der Waals surface area contributed by atoms with E-state index >= 15 is 0 Å². The van der Waals surface area contributed by atoms with Gasteiger partial charge in [-0.1, -0.05) is 37.3 Å². The van der Waals surface area contributed by atoms with Gasteiger partial charge >= 0.3 is 0 Å². The van der Waals surface area contributed by atoms with E-state index in [1.54, 1.807) is 6.07 Å². The molecule has 0 aromatic heterocycles. The van der Waals surface area contributed by atoms with Crippen LogP contribution in [0.5, 0.6) is 0 Å². The summed E-state index contributed by atoms with van der Waals surface area (Å²) in [6.07, 6.45) is 3.58. The Morgan fingerprint density at radius 3 is 2.85 bits per heavy atom. The van der Waals surface area contributed by atoms with E-state index in [-0.39, 0.29) is 23.9 Å². The van der Waals surface area contributed by atoms with Crippen LogP contribution in [0.25, 0.3) is 0 Å². The molecule has 4 rings (SSSR count). The molecule has 2 N–H and O–H groups in total. The first-order valence-electron chi connectivity index (χ1n) is 9.72. The number of nitrogens with zero attached hydrogens (tertiary/aromatic N) is 1. The molecule has 2 atom stereocenters. The summed E-state index contributed by atoms with van der Waals surface area (Å²) in [6, 6.07) is 15.8. The van der Waals surface area contributed by atoms with E-state index in [0.29, 0.717) is 5.56 Å². The van der Waals surface area contributed by atoms with Gasteiger partial charge in [0.15, 0.2) is 0 Å². The van der Waals surface area contributed by atoms with Crippen molar-refractivity contribution in [1.82, 2.24) is 5.32 Å². The van der Waals surface area contributed by atoms with Crippen molar-refractivity contribution in [2.45, 2.75) is 44.7 Å². The quantitative estimate of drug-likeness (QED) is 0.856. The average molecular weight is 363 g/mol. The fourth-order valence-electron chi connectivity index (χ4n) is 4.04. The predicted octanol–water partition coefficient (Wildman–Crippen LogP) is 3.36. The number of anilines is 2. The highest BCUT2D eigenvalue weighted by Crippen LogP contribution is 2.37. The van der Waals surface area contributed by atoms with Crippen LogP contribution in [0.15, 0.2) is 48.5 Å². The smallest absolute Gasteiger partial charge is 0.251 e. The van der Waals surface area contributed by atoms with Crippen LogP contribution in [0.4, 0.5) is 11.4 Å². The van der Waals surface area contributed by atoms with Gasteiger partial charge in [0.05, 0.1) is 11.4 Å². The molecule has 0 aliphatic carbocycles. The molecular weight excluding hydrogens is 338 g/mol. The standard InChI is InChI=1S/C22H25N3O2/c1-2-17(13-15-7-4-3-5-8-15)23-21(26)16-10-11-19-18(14-16)24-22(27)20-9-6-12-25(19)20/h3-5,7-8,10-11,14,17,20H,2,6,9,12-13H2,1H3,(H,23,26)(H,24,27). The number of rotatable bonds is 5. The van der Waals surface area contributed by atoms with E-state index < -0.39 is 0 Å². The maximum atomic E-state index is 12.8. The highest BCUT2D eigenvalue weighted by molar-refractivity contribution is 6.06. The van der Waals surface area contributed by atoms with Crippen LogP contribution in [0.3, 0.4) is 0 Å². The van der Waals surface area contributed by atoms with Gasteiger partial charge in [-0.05, 0) is 49.4 Å². The third kappa shape index (κ3) is 3.54. The number of amides is 2. The van der Waals surface area contributed by atoms with Crippen molar-refractivity contribution >= 4 is 23.2 Å². The molecule has 0 bridgehead atoms. The van der Waals surface area contributed by atoms with Gasteiger partial charge in [-0.2, -0.15) is 0 Å². The van der Waals surface area contributed by atoms with Crippen molar-refractivity contribution in [2.24, 2.45) is 0 Å². The van der Waals surface area contributed by atoms with Crippen LogP contribution < -0.4 is 15.5 Å². The minimum absolute atomic E-state index is 0.0353. The number of carbonyl (C=O) groups is 2. The van der Waals surface area contributed by atoms with Gasteiger partial charge in [0, 0.05) is 18.2 Å². The van der Waals surface area contributed by atoms with Crippen molar-refractivity contribution in [2.75, 3.05) is 16.8 Å². The second-order valence-electron chi connectivity index (χ2n) is 7.34. The molecule has 140 valence electrons. The summed E-state index contributed by atoms with van der Waals surface area (Å²) in [6.45, 7) is 2.97. The summed E-state index contributed by atoms with van der Waals surface area (Å²) >= 11 is 0. The summed E-state index contributed by atoms with van der Waals surface area (Å²) < 4.78 is 0. The number of fused-ring (bicyclic) bond motifs is 3. The Balaban J connectivity index is 1.49. The molecule has 5 nitrogen and oxygen atoms in total. The van der Waals surface area contributed by atoms with Crippen LogP contribution in [0.1, 0.15) is 42.1 Å². The van der Waals surface area contributed by atoms with Gasteiger partial charge in [-0.25, -0.2) is 0 Å². The zero-order valence-electron chi connectivity index (χ0n) is 15.6. The third-order valence-corrected chi connectivity index (χ3v) is 5.53. The highest BCUT2D eigenvalue weighted by Gasteiger charge is 2.36. The summed E-state index contributed by atoms with van der Waals surface area (Å²) in [7, 11) is 0. The zero-order chi connectivity index (χ0) is 18.8. The van der Waals surface area contributed by atoms with Crippen LogP contribution in [-0.4, -0.2) is 30.4 Å². The summed E-state index contributed by atoms with van der Waals surface area (Å²) in [5, 5.41) is 6.10. The molecule has 2 heterocycles. The van der Waals surface area contributed by atoms with Crippen LogP contribution in [0.2, 0.25) is 0 Å². The van der Waals surface area contributed by atoms with Gasteiger partial charge in [-0.15, -0.1) is 0 Å². The minimum atomic E-state index is -0.0987. The molecule has 0 spiro atoms. The Labute approximate surface area is 159 Å². The number of carbonyl (C=O) groups excluding carboxylic acids is 2. The normalized spacial score (nSPS) is 19.1. The van der Waals surface area contributed by atoms with Gasteiger partial charge < -0.3 is 15.5 Å². The fourth-order valence-corrected chi connectivity index (χ4v) is 4.04. The average Bonchev–Trinajstić information content (AvgIpc) is 3.18. The Bertz CT molecular complexity index is 850. The lowest BCUT2D eigenvalue weighted by atomic mass is 10.0. The van der Waals surface area contributed by atoms with E-state index in [1.165, 1.54) is 5.56 Å². The number of benzene rings is 2. The monoisotopic (exact) mass is 363 g/mol. The maximum Gasteiger partial charge on any atom is 0.251 e. The first kappa shape index (κ1) is 17.6. The van der Waals surface area contributed by atoms with Gasteiger partial charge in [0.1, 0.15) is 6.04 Å². The van der Waals surface area contributed by atoms with E-state index in [2.05, 4.69) is 34.6 Å². The maximum absolute atomic E-state index is 12.8. The Kier molecular flexibility index (Phi) is 4.84. The molecule has 2 aliphatic rings. The van der Waals surface area contributed by atoms with Crippen LogP contribution >= 0.6 is 0 Å². The molecule has 5 heteroatoms. The van der Waals surface area contributed by atoms with E-state index in [4.69, 9.17) is 0 Å². The second-order valence-corrected chi connectivity index (χ2v) is 7.34. The molecule has 0 radical (unpaired) electrons. The molecule has 27 heavy (non-hydrogen) atoms. The van der Waals surface area contributed by atoms with Crippen molar-refractivity contribution in [1.29, 1.82) is 0 Å². The molecule has 2 aliphatic heterocycles. The summed E-state index contributed by atoms with van der Waals surface area (Å²) in [4.78, 5) is 27.2. The lowest BCUT2D eigenvalue weighted by Crippen LogP contribution is -2.44. The summed E-state index contributed by atoms with van der Waals surface area (Å²) in [5.74, 6) is -0.0635. The zero-order valence-corrected chi connectivity index (χ0v) is 15.6. The summed E-state index contributed by atoms with van der Waals surface area (Å²) in [5.41, 5.74) is 3.55. The van der Waals surface area contributed by atoms with E-state index in [0.717, 1.165) is 43.6 Å². The van der Waals surface area contributed by atoms with Crippen molar-refractivity contribution in [3.63, 3.8) is 0 Å². The molecule has 2 aromatic rings. The minimum Gasteiger partial charge on any atom is -0.358 e. The highest BCUT2D eigenvalue weighted by atomic mass is 16.2. The van der Waals surface area contributed by atoms with Crippen molar-refractivity contribution < 1.29 is 9.59 Å². The number of hydrogen-bond donors (Lipinski definition) is 2. The largest absolute Gasteiger partial charge is 0.358 e. The third-order valence-electron chi connectivity index (χ3n) is 5.53. The molecular formula is C22H25N3O2. The van der Waals surface area contributed by atoms with E-state index in [1.807, 2.05) is 30.3 Å². The Morgan fingerprint density at radius 2 is 2.07 bits per heavy atom. The molecule has 2 unspecified atom stereocenters. The molecule has 1 saturated heterocycles. The fraction of sp³-hybridized carbons (Fsp3) is 0.364. The molecule has 2 amide bonds. The first-order chi connectivity index (χ1) is 13.2. The van der Waals surface area contributed by atoms with E-state index in [9.17, 15) is 9.59 Å².